The highest BCUT2D eigenvalue weighted by Crippen LogP contribution is 2.28. The van der Waals surface area contributed by atoms with Gasteiger partial charge in [-0.2, -0.15) is 0 Å². The molecule has 0 aliphatic carbocycles. The summed E-state index contributed by atoms with van der Waals surface area (Å²) in [5.41, 5.74) is 1.88. The fourth-order valence-electron chi connectivity index (χ4n) is 2.16. The molecule has 0 spiro atoms. The van der Waals surface area contributed by atoms with Crippen molar-refractivity contribution in [1.82, 2.24) is 9.73 Å². The van der Waals surface area contributed by atoms with Crippen molar-refractivity contribution >= 4 is 21.8 Å². The molecule has 1 saturated heterocycles. The van der Waals surface area contributed by atoms with E-state index in [1.807, 2.05) is 5.43 Å². The van der Waals surface area contributed by atoms with E-state index in [-0.39, 0.29) is 17.7 Å². The minimum absolute atomic E-state index is 0.0204. The van der Waals surface area contributed by atoms with Crippen molar-refractivity contribution in [1.29, 1.82) is 0 Å². The molecule has 2 rings (SSSR count). The van der Waals surface area contributed by atoms with Gasteiger partial charge in [0.25, 0.3) is 15.9 Å². The van der Waals surface area contributed by atoms with Crippen molar-refractivity contribution in [3.8, 4) is 5.75 Å². The molecular formula is C12H15N3O5S. The number of methoxy groups -OCH3 is 1. The molecule has 114 valence electrons. The second-order valence-corrected chi connectivity index (χ2v) is 6.25. The number of carbonyl (C=O) groups excluding carboxylic acids is 2. The highest BCUT2D eigenvalue weighted by molar-refractivity contribution is 7.89. The fraction of sp³-hybridized carbons (Fsp3) is 0.333. The van der Waals surface area contributed by atoms with Crippen molar-refractivity contribution in [2.24, 2.45) is 5.84 Å². The monoisotopic (exact) mass is 313 g/mol. The lowest BCUT2D eigenvalue weighted by Gasteiger charge is -2.23. The number of ether oxygens (including phenoxy) is 1. The van der Waals surface area contributed by atoms with Gasteiger partial charge in [0, 0.05) is 6.42 Å². The van der Waals surface area contributed by atoms with E-state index in [4.69, 9.17) is 10.6 Å². The maximum Gasteiger partial charge on any atom is 0.267 e. The van der Waals surface area contributed by atoms with E-state index in [0.717, 1.165) is 0 Å². The molecule has 1 aromatic carbocycles. The lowest BCUT2D eigenvalue weighted by atomic mass is 10.2. The lowest BCUT2D eigenvalue weighted by molar-refractivity contribution is -0.130. The largest absolute Gasteiger partial charge is 0.497 e. The van der Waals surface area contributed by atoms with Crippen LogP contribution in [0.4, 0.5) is 0 Å². The SMILES string of the molecule is COc1ccc(S(=O)(=O)N2C(=O)CCC2C(=O)NN)cc1. The number of nitrogens with zero attached hydrogens (tertiary/aromatic N) is 1. The van der Waals surface area contributed by atoms with Crippen molar-refractivity contribution in [3.05, 3.63) is 24.3 Å². The first-order valence-electron chi connectivity index (χ1n) is 6.13. The zero-order valence-electron chi connectivity index (χ0n) is 11.3. The Balaban J connectivity index is 2.40. The van der Waals surface area contributed by atoms with Crippen LogP contribution in [0.5, 0.6) is 5.75 Å². The second kappa shape index (κ2) is 5.70. The quantitative estimate of drug-likeness (QED) is 0.434. The number of hydrazine groups is 1. The van der Waals surface area contributed by atoms with Gasteiger partial charge in [-0.3, -0.25) is 15.0 Å². The van der Waals surface area contributed by atoms with Gasteiger partial charge >= 0.3 is 0 Å². The summed E-state index contributed by atoms with van der Waals surface area (Å²) >= 11 is 0. The average molecular weight is 313 g/mol. The first kappa shape index (κ1) is 15.3. The van der Waals surface area contributed by atoms with Gasteiger partial charge in [0.05, 0.1) is 12.0 Å². The summed E-state index contributed by atoms with van der Waals surface area (Å²) in [6, 6.07) is 4.44. The lowest BCUT2D eigenvalue weighted by Crippen LogP contribution is -2.49. The van der Waals surface area contributed by atoms with Gasteiger partial charge in [-0.15, -0.1) is 0 Å². The van der Waals surface area contributed by atoms with Gasteiger partial charge in [0.2, 0.25) is 5.91 Å². The standard InChI is InChI=1S/C12H15N3O5S/c1-20-8-2-4-9(5-3-8)21(18,19)15-10(12(17)14-13)6-7-11(15)16/h2-5,10H,6-7,13H2,1H3,(H,14,17). The molecule has 1 aromatic rings. The molecule has 0 saturated carbocycles. The third-order valence-electron chi connectivity index (χ3n) is 3.22. The van der Waals surface area contributed by atoms with E-state index in [2.05, 4.69) is 0 Å². The maximum atomic E-state index is 12.5. The van der Waals surface area contributed by atoms with Crippen LogP contribution in [-0.4, -0.2) is 37.7 Å². The summed E-state index contributed by atoms with van der Waals surface area (Å²) in [7, 11) is -2.65. The molecule has 1 aliphatic heterocycles. The third-order valence-corrected chi connectivity index (χ3v) is 5.07. The van der Waals surface area contributed by atoms with Gasteiger partial charge in [-0.1, -0.05) is 0 Å². The smallest absolute Gasteiger partial charge is 0.267 e. The number of rotatable bonds is 4. The van der Waals surface area contributed by atoms with Crippen molar-refractivity contribution in [3.63, 3.8) is 0 Å². The van der Waals surface area contributed by atoms with Crippen LogP contribution in [0, 0.1) is 0 Å². The van der Waals surface area contributed by atoms with Crippen LogP contribution < -0.4 is 16.0 Å². The molecule has 1 heterocycles. The van der Waals surface area contributed by atoms with E-state index < -0.39 is 27.9 Å². The topological polar surface area (TPSA) is 119 Å². The van der Waals surface area contributed by atoms with Crippen LogP contribution in [0.3, 0.4) is 0 Å². The van der Waals surface area contributed by atoms with Crippen molar-refractivity contribution in [2.75, 3.05) is 7.11 Å². The first-order valence-corrected chi connectivity index (χ1v) is 7.57. The fourth-order valence-corrected chi connectivity index (χ4v) is 3.76. The summed E-state index contributed by atoms with van der Waals surface area (Å²) in [6.45, 7) is 0. The van der Waals surface area contributed by atoms with E-state index in [0.29, 0.717) is 10.1 Å². The molecular weight excluding hydrogens is 298 g/mol. The Labute approximate surface area is 121 Å². The zero-order valence-corrected chi connectivity index (χ0v) is 12.1. The Morgan fingerprint density at radius 3 is 2.52 bits per heavy atom. The van der Waals surface area contributed by atoms with Crippen LogP contribution >= 0.6 is 0 Å². The average Bonchev–Trinajstić information content (AvgIpc) is 2.89. The van der Waals surface area contributed by atoms with E-state index in [9.17, 15) is 18.0 Å². The Bertz CT molecular complexity index is 656. The molecule has 2 amide bonds. The predicted octanol–water partition coefficient (Wildman–Crippen LogP) is -0.635. The number of sulfonamides is 1. The number of hydrogen-bond donors (Lipinski definition) is 2. The summed E-state index contributed by atoms with van der Waals surface area (Å²) < 4.78 is 30.6. The number of amides is 2. The normalized spacial score (nSPS) is 18.7. The van der Waals surface area contributed by atoms with Crippen LogP contribution in [0.1, 0.15) is 12.8 Å². The van der Waals surface area contributed by atoms with E-state index in [1.165, 1.54) is 31.4 Å². The summed E-state index contributed by atoms with van der Waals surface area (Å²) in [5, 5.41) is 0. The van der Waals surface area contributed by atoms with Gasteiger partial charge in [-0.25, -0.2) is 18.6 Å². The number of nitrogens with one attached hydrogen (secondary N) is 1. The van der Waals surface area contributed by atoms with Crippen LogP contribution in [-0.2, 0) is 19.6 Å². The minimum atomic E-state index is -4.11. The summed E-state index contributed by atoms with van der Waals surface area (Å²) in [5.74, 6) is 4.18. The molecule has 1 unspecified atom stereocenters. The number of carbonyl (C=O) groups is 2. The molecule has 1 fully saturated rings. The number of nitrogens with two attached hydrogens (primary N) is 1. The van der Waals surface area contributed by atoms with Crippen LogP contribution in [0.15, 0.2) is 29.2 Å². The Morgan fingerprint density at radius 2 is 2.00 bits per heavy atom. The number of hydrogen-bond acceptors (Lipinski definition) is 6. The van der Waals surface area contributed by atoms with Crippen LogP contribution in [0.2, 0.25) is 0 Å². The highest BCUT2D eigenvalue weighted by Gasteiger charge is 2.44. The molecule has 1 aliphatic rings. The molecule has 3 N–H and O–H groups in total. The van der Waals surface area contributed by atoms with Crippen LogP contribution in [0.25, 0.3) is 0 Å². The molecule has 0 radical (unpaired) electrons. The second-order valence-electron chi connectivity index (χ2n) is 4.43. The molecule has 21 heavy (non-hydrogen) atoms. The summed E-state index contributed by atoms with van der Waals surface area (Å²) in [6.07, 6.45) is 0.0880. The Hall–Kier alpha value is -2.13. The minimum Gasteiger partial charge on any atom is -0.497 e. The maximum absolute atomic E-state index is 12.5. The van der Waals surface area contributed by atoms with Crippen molar-refractivity contribution in [2.45, 2.75) is 23.8 Å². The van der Waals surface area contributed by atoms with E-state index >= 15 is 0 Å². The van der Waals surface area contributed by atoms with Crippen molar-refractivity contribution < 1.29 is 22.7 Å². The van der Waals surface area contributed by atoms with Gasteiger partial charge in [-0.05, 0) is 30.7 Å². The van der Waals surface area contributed by atoms with E-state index in [1.54, 1.807) is 0 Å². The molecule has 9 heteroatoms. The third kappa shape index (κ3) is 2.69. The predicted molar refractivity (Wildman–Crippen MR) is 72.4 cm³/mol. The Morgan fingerprint density at radius 1 is 1.38 bits per heavy atom. The molecule has 0 aromatic heterocycles. The summed E-state index contributed by atoms with van der Waals surface area (Å²) in [4.78, 5) is 23.4. The molecule has 8 nitrogen and oxygen atoms in total. The first-order chi connectivity index (χ1) is 9.91. The van der Waals surface area contributed by atoms with Gasteiger partial charge in [0.1, 0.15) is 11.8 Å². The van der Waals surface area contributed by atoms with Gasteiger partial charge < -0.3 is 4.74 Å². The Kier molecular flexibility index (Phi) is 4.14. The molecule has 1 atom stereocenters. The van der Waals surface area contributed by atoms with Gasteiger partial charge in [0.15, 0.2) is 0 Å². The molecule has 0 bridgehead atoms. The highest BCUT2D eigenvalue weighted by atomic mass is 32.2. The number of benzene rings is 1. The zero-order chi connectivity index (χ0) is 15.6.